The third-order valence-electron chi connectivity index (χ3n) is 3.72. The highest BCUT2D eigenvalue weighted by atomic mass is 35.5. The van der Waals surface area contributed by atoms with Crippen molar-refractivity contribution < 1.29 is 18.7 Å². The molecule has 0 bridgehead atoms. The predicted molar refractivity (Wildman–Crippen MR) is 102 cm³/mol. The molecule has 1 aromatic heterocycles. The molecule has 0 atom stereocenters. The zero-order valence-electron chi connectivity index (χ0n) is 14.2. The van der Waals surface area contributed by atoms with Gasteiger partial charge >= 0.3 is 5.63 Å². The first kappa shape index (κ1) is 18.4. The molecule has 0 saturated heterocycles. The van der Waals surface area contributed by atoms with E-state index in [1.54, 1.807) is 43.5 Å². The normalized spacial score (nSPS) is 10.9. The summed E-state index contributed by atoms with van der Waals surface area (Å²) < 4.78 is 10.1. The second-order valence-electron chi connectivity index (χ2n) is 5.55. The van der Waals surface area contributed by atoms with E-state index in [0.717, 1.165) is 5.56 Å². The Balaban J connectivity index is 1.75. The molecule has 27 heavy (non-hydrogen) atoms. The van der Waals surface area contributed by atoms with Crippen LogP contribution < -0.4 is 15.7 Å². The molecule has 0 fully saturated rings. The van der Waals surface area contributed by atoms with Crippen molar-refractivity contribution >= 4 is 40.5 Å². The number of carbonyl (C=O) groups excluding carboxylic acids is 2. The van der Waals surface area contributed by atoms with Crippen LogP contribution in [0.2, 0.25) is 5.02 Å². The Hall–Kier alpha value is -3.38. The van der Waals surface area contributed by atoms with Gasteiger partial charge in [-0.1, -0.05) is 23.7 Å². The Bertz CT molecular complexity index is 1100. The molecular formula is C20H14ClNO5. The average molecular weight is 384 g/mol. The van der Waals surface area contributed by atoms with Gasteiger partial charge in [-0.05, 0) is 48.0 Å². The van der Waals surface area contributed by atoms with Crippen molar-refractivity contribution in [3.63, 3.8) is 0 Å². The Morgan fingerprint density at radius 1 is 1.11 bits per heavy atom. The minimum atomic E-state index is -0.852. The number of carbonyl (C=O) groups is 2. The van der Waals surface area contributed by atoms with E-state index in [-0.39, 0.29) is 5.56 Å². The summed E-state index contributed by atoms with van der Waals surface area (Å²) in [7, 11) is 1.56. The fourth-order valence-electron chi connectivity index (χ4n) is 2.36. The molecule has 0 saturated carbocycles. The van der Waals surface area contributed by atoms with Crippen LogP contribution in [0.3, 0.4) is 0 Å². The first-order valence-electron chi connectivity index (χ1n) is 7.87. The largest absolute Gasteiger partial charge is 0.497 e. The zero-order chi connectivity index (χ0) is 19.4. The van der Waals surface area contributed by atoms with Gasteiger partial charge in [-0.15, -0.1) is 0 Å². The molecule has 0 aliphatic carbocycles. The lowest BCUT2D eigenvalue weighted by Crippen LogP contribution is -2.32. The Morgan fingerprint density at radius 2 is 1.85 bits per heavy atom. The van der Waals surface area contributed by atoms with Crippen molar-refractivity contribution in [2.75, 3.05) is 7.11 Å². The van der Waals surface area contributed by atoms with Crippen LogP contribution in [0.1, 0.15) is 15.9 Å². The minimum absolute atomic E-state index is 0.282. The number of fused-ring (bicyclic) bond motifs is 1. The van der Waals surface area contributed by atoms with E-state index in [4.69, 9.17) is 20.8 Å². The van der Waals surface area contributed by atoms with Crippen LogP contribution in [0.5, 0.6) is 5.75 Å². The van der Waals surface area contributed by atoms with Crippen molar-refractivity contribution in [2.24, 2.45) is 0 Å². The van der Waals surface area contributed by atoms with Gasteiger partial charge in [-0.2, -0.15) is 0 Å². The van der Waals surface area contributed by atoms with Crippen LogP contribution in [0, 0.1) is 0 Å². The monoisotopic (exact) mass is 383 g/mol. The average Bonchev–Trinajstić information content (AvgIpc) is 2.66. The van der Waals surface area contributed by atoms with Crippen LogP contribution >= 0.6 is 11.6 Å². The number of hydrogen-bond donors (Lipinski definition) is 1. The van der Waals surface area contributed by atoms with Gasteiger partial charge in [0.1, 0.15) is 16.9 Å². The molecule has 3 aromatic rings. The summed E-state index contributed by atoms with van der Waals surface area (Å²) in [5.41, 5.74) is -0.0739. The van der Waals surface area contributed by atoms with Gasteiger partial charge in [0.2, 0.25) is 0 Å². The number of nitrogens with one attached hydrogen (secondary N) is 1. The van der Waals surface area contributed by atoms with Gasteiger partial charge in [0.05, 0.1) is 7.11 Å². The molecule has 0 aliphatic heterocycles. The fourth-order valence-corrected chi connectivity index (χ4v) is 2.54. The molecule has 7 heteroatoms. The van der Waals surface area contributed by atoms with E-state index in [1.165, 1.54) is 24.3 Å². The highest BCUT2D eigenvalue weighted by molar-refractivity contribution is 6.31. The Morgan fingerprint density at radius 3 is 2.56 bits per heavy atom. The molecule has 0 spiro atoms. The molecule has 0 radical (unpaired) electrons. The molecule has 1 N–H and O–H groups in total. The molecule has 1 heterocycles. The lowest BCUT2D eigenvalue weighted by molar-refractivity contribution is -0.115. The van der Waals surface area contributed by atoms with Gasteiger partial charge in [0.25, 0.3) is 11.8 Å². The molecule has 2 amide bonds. The summed E-state index contributed by atoms with van der Waals surface area (Å²) in [6, 6.07) is 13.0. The second-order valence-corrected chi connectivity index (χ2v) is 5.99. The van der Waals surface area contributed by atoms with E-state index < -0.39 is 17.4 Å². The summed E-state index contributed by atoms with van der Waals surface area (Å²) >= 11 is 5.90. The maximum atomic E-state index is 12.2. The minimum Gasteiger partial charge on any atom is -0.497 e. The number of methoxy groups -OCH3 is 1. The van der Waals surface area contributed by atoms with Crippen LogP contribution in [-0.2, 0) is 4.79 Å². The lowest BCUT2D eigenvalue weighted by Gasteiger charge is -2.03. The number of imide groups is 1. The van der Waals surface area contributed by atoms with Crippen molar-refractivity contribution in [1.82, 2.24) is 5.32 Å². The molecule has 0 unspecified atom stereocenters. The maximum Gasteiger partial charge on any atom is 0.349 e. The maximum absolute atomic E-state index is 12.2. The molecule has 0 aliphatic rings. The van der Waals surface area contributed by atoms with Crippen LogP contribution in [0.25, 0.3) is 17.0 Å². The fraction of sp³-hybridized carbons (Fsp3) is 0.0500. The van der Waals surface area contributed by atoms with E-state index in [2.05, 4.69) is 5.32 Å². The SMILES string of the molecule is COc1ccc(/C=C\C(=O)NC(=O)c2cc3cc(Cl)ccc3oc2=O)cc1. The van der Waals surface area contributed by atoms with E-state index in [0.29, 0.717) is 21.7 Å². The summed E-state index contributed by atoms with van der Waals surface area (Å²) in [6.45, 7) is 0. The first-order chi connectivity index (χ1) is 13.0. The summed E-state index contributed by atoms with van der Waals surface area (Å²) in [5.74, 6) is -0.827. The van der Waals surface area contributed by atoms with Crippen LogP contribution in [0.4, 0.5) is 0 Å². The number of halogens is 1. The van der Waals surface area contributed by atoms with Gasteiger partial charge in [0.15, 0.2) is 0 Å². The van der Waals surface area contributed by atoms with Crippen molar-refractivity contribution in [3.05, 3.63) is 81.2 Å². The number of benzene rings is 2. The topological polar surface area (TPSA) is 85.6 Å². The van der Waals surface area contributed by atoms with E-state index >= 15 is 0 Å². The number of ether oxygens (including phenoxy) is 1. The lowest BCUT2D eigenvalue weighted by atomic mass is 10.1. The molecule has 2 aromatic carbocycles. The molecular weight excluding hydrogens is 370 g/mol. The standard InChI is InChI=1S/C20H14ClNO5/c1-26-15-6-2-12(3-7-15)4-9-18(23)22-19(24)16-11-13-10-14(21)5-8-17(13)27-20(16)25/h2-11H,1H3,(H,22,23,24)/b9-4-. The van der Waals surface area contributed by atoms with Crippen LogP contribution in [0.15, 0.2) is 63.8 Å². The van der Waals surface area contributed by atoms with Gasteiger partial charge in [0, 0.05) is 16.5 Å². The smallest absolute Gasteiger partial charge is 0.349 e. The summed E-state index contributed by atoms with van der Waals surface area (Å²) in [5, 5.41) is 3.04. The highest BCUT2D eigenvalue weighted by Crippen LogP contribution is 2.18. The third kappa shape index (κ3) is 4.43. The number of rotatable bonds is 4. The highest BCUT2D eigenvalue weighted by Gasteiger charge is 2.15. The second kappa shape index (κ2) is 7.88. The van der Waals surface area contributed by atoms with E-state index in [9.17, 15) is 14.4 Å². The predicted octanol–water partition coefficient (Wildman–Crippen LogP) is 3.42. The van der Waals surface area contributed by atoms with Crippen LogP contribution in [-0.4, -0.2) is 18.9 Å². The molecule has 3 rings (SSSR count). The summed E-state index contributed by atoms with van der Waals surface area (Å²) in [6.07, 6.45) is 2.73. The third-order valence-corrected chi connectivity index (χ3v) is 3.95. The number of amides is 2. The summed E-state index contributed by atoms with van der Waals surface area (Å²) in [4.78, 5) is 36.2. The van der Waals surface area contributed by atoms with Crippen molar-refractivity contribution in [2.45, 2.75) is 0 Å². The van der Waals surface area contributed by atoms with Gasteiger partial charge in [-0.3, -0.25) is 14.9 Å². The van der Waals surface area contributed by atoms with Crippen molar-refractivity contribution in [1.29, 1.82) is 0 Å². The number of hydrogen-bond acceptors (Lipinski definition) is 5. The molecule has 136 valence electrons. The Labute approximate surface area is 159 Å². The first-order valence-corrected chi connectivity index (χ1v) is 8.25. The van der Waals surface area contributed by atoms with Gasteiger partial charge in [-0.25, -0.2) is 4.79 Å². The quantitative estimate of drug-likeness (QED) is 0.551. The molecule has 6 nitrogen and oxygen atoms in total. The zero-order valence-corrected chi connectivity index (χ0v) is 14.9. The van der Waals surface area contributed by atoms with Crippen molar-refractivity contribution in [3.8, 4) is 5.75 Å². The van der Waals surface area contributed by atoms with Gasteiger partial charge < -0.3 is 9.15 Å². The Kier molecular flexibility index (Phi) is 5.38. The van der Waals surface area contributed by atoms with E-state index in [1.807, 2.05) is 0 Å².